The van der Waals surface area contributed by atoms with Crippen LogP contribution in [0.15, 0.2) is 18.2 Å². The number of carbonyl (C=O) groups is 2. The third-order valence-corrected chi connectivity index (χ3v) is 3.58. The van der Waals surface area contributed by atoms with Gasteiger partial charge in [0.05, 0.1) is 17.0 Å². The maximum atomic E-state index is 12.6. The fourth-order valence-electron chi connectivity index (χ4n) is 2.09. The number of nitrogens with zero attached hydrogens (tertiary/aromatic N) is 1. The number of rotatable bonds is 8. The molecular formula is C15H17F3N4O4. The van der Waals surface area contributed by atoms with E-state index in [0.717, 1.165) is 25.0 Å². The maximum Gasteiger partial charge on any atom is 0.416 e. The van der Waals surface area contributed by atoms with Crippen molar-refractivity contribution < 1.29 is 27.7 Å². The highest BCUT2D eigenvalue weighted by molar-refractivity contribution is 5.85. The molecule has 0 unspecified atom stereocenters. The Morgan fingerprint density at radius 3 is 2.50 bits per heavy atom. The molecule has 1 aliphatic carbocycles. The summed E-state index contributed by atoms with van der Waals surface area (Å²) < 4.78 is 37.9. The molecule has 0 bridgehead atoms. The Morgan fingerprint density at radius 2 is 1.92 bits per heavy atom. The first-order chi connectivity index (χ1) is 12.2. The number of nitrogens with one attached hydrogen (secondary N) is 3. The highest BCUT2D eigenvalue weighted by Gasteiger charge is 2.33. The summed E-state index contributed by atoms with van der Waals surface area (Å²) in [7, 11) is 0. The quantitative estimate of drug-likeness (QED) is 0.474. The first kappa shape index (κ1) is 19.5. The second-order valence-corrected chi connectivity index (χ2v) is 5.78. The highest BCUT2D eigenvalue weighted by atomic mass is 19.4. The SMILES string of the molecule is O=C(CCNc1ccc(C(F)(F)F)cc1[N+](=O)[O-])NCC(=O)NC1CC1. The van der Waals surface area contributed by atoms with Crippen molar-refractivity contribution in [1.29, 1.82) is 0 Å². The molecule has 0 aliphatic heterocycles. The van der Waals surface area contributed by atoms with Gasteiger partial charge in [-0.1, -0.05) is 0 Å². The Morgan fingerprint density at radius 1 is 1.23 bits per heavy atom. The molecule has 1 aromatic carbocycles. The Balaban J connectivity index is 1.83. The molecule has 0 saturated heterocycles. The van der Waals surface area contributed by atoms with Crippen molar-refractivity contribution in [3.05, 3.63) is 33.9 Å². The summed E-state index contributed by atoms with van der Waals surface area (Å²) in [5.41, 5.74) is -1.99. The van der Waals surface area contributed by atoms with E-state index in [1.54, 1.807) is 0 Å². The minimum atomic E-state index is -4.69. The van der Waals surface area contributed by atoms with Crippen molar-refractivity contribution in [3.63, 3.8) is 0 Å². The van der Waals surface area contributed by atoms with E-state index >= 15 is 0 Å². The van der Waals surface area contributed by atoms with Crippen LogP contribution in [0.25, 0.3) is 0 Å². The summed E-state index contributed by atoms with van der Waals surface area (Å²) in [5, 5.41) is 18.6. The van der Waals surface area contributed by atoms with Crippen LogP contribution in [0.4, 0.5) is 24.5 Å². The minimum absolute atomic E-state index is 0.0394. The molecule has 1 aromatic rings. The monoisotopic (exact) mass is 374 g/mol. The number of hydrogen-bond acceptors (Lipinski definition) is 5. The van der Waals surface area contributed by atoms with E-state index in [-0.39, 0.29) is 37.1 Å². The van der Waals surface area contributed by atoms with Crippen LogP contribution in [0.1, 0.15) is 24.8 Å². The van der Waals surface area contributed by atoms with Crippen molar-refractivity contribution >= 4 is 23.2 Å². The van der Waals surface area contributed by atoms with Gasteiger partial charge in [0.2, 0.25) is 11.8 Å². The number of halogens is 3. The van der Waals surface area contributed by atoms with Gasteiger partial charge in [0.25, 0.3) is 5.69 Å². The first-order valence-corrected chi connectivity index (χ1v) is 7.82. The van der Waals surface area contributed by atoms with Crippen LogP contribution in [0.2, 0.25) is 0 Å². The molecule has 2 rings (SSSR count). The molecule has 26 heavy (non-hydrogen) atoms. The molecule has 0 aromatic heterocycles. The van der Waals surface area contributed by atoms with Crippen molar-refractivity contribution in [1.82, 2.24) is 10.6 Å². The van der Waals surface area contributed by atoms with Crippen molar-refractivity contribution in [3.8, 4) is 0 Å². The predicted molar refractivity (Wildman–Crippen MR) is 85.4 cm³/mol. The van der Waals surface area contributed by atoms with Gasteiger partial charge in [0.1, 0.15) is 5.69 Å². The van der Waals surface area contributed by atoms with Crippen LogP contribution in [0.5, 0.6) is 0 Å². The lowest BCUT2D eigenvalue weighted by Gasteiger charge is -2.11. The van der Waals surface area contributed by atoms with Crippen LogP contribution < -0.4 is 16.0 Å². The fraction of sp³-hybridized carbons (Fsp3) is 0.467. The second kappa shape index (κ2) is 8.02. The smallest absolute Gasteiger partial charge is 0.379 e. The molecule has 0 atom stereocenters. The van der Waals surface area contributed by atoms with Gasteiger partial charge < -0.3 is 16.0 Å². The largest absolute Gasteiger partial charge is 0.416 e. The molecule has 1 aliphatic rings. The zero-order chi connectivity index (χ0) is 19.3. The van der Waals surface area contributed by atoms with Crippen LogP contribution in [-0.2, 0) is 15.8 Å². The van der Waals surface area contributed by atoms with Crippen LogP contribution in [0, 0.1) is 10.1 Å². The number of anilines is 1. The molecule has 8 nitrogen and oxygen atoms in total. The third-order valence-electron chi connectivity index (χ3n) is 3.58. The summed E-state index contributed by atoms with van der Waals surface area (Å²) >= 11 is 0. The third kappa shape index (κ3) is 5.90. The Labute approximate surface area is 146 Å². The van der Waals surface area contributed by atoms with E-state index < -0.39 is 28.3 Å². The van der Waals surface area contributed by atoms with Gasteiger partial charge in [0.15, 0.2) is 0 Å². The van der Waals surface area contributed by atoms with E-state index in [1.807, 2.05) is 0 Å². The number of alkyl halides is 3. The van der Waals surface area contributed by atoms with Crippen molar-refractivity contribution in [2.75, 3.05) is 18.4 Å². The molecule has 142 valence electrons. The lowest BCUT2D eigenvalue weighted by molar-refractivity contribution is -0.384. The Bertz CT molecular complexity index is 705. The van der Waals surface area contributed by atoms with Gasteiger partial charge in [-0.3, -0.25) is 19.7 Å². The predicted octanol–water partition coefficient (Wildman–Crippen LogP) is 1.81. The molecule has 2 amide bonds. The van der Waals surface area contributed by atoms with Crippen LogP contribution in [0.3, 0.4) is 0 Å². The average molecular weight is 374 g/mol. The lowest BCUT2D eigenvalue weighted by Crippen LogP contribution is -2.38. The molecule has 0 spiro atoms. The number of hydrogen-bond donors (Lipinski definition) is 3. The zero-order valence-corrected chi connectivity index (χ0v) is 13.6. The lowest BCUT2D eigenvalue weighted by atomic mass is 10.1. The number of nitro benzene ring substituents is 1. The van der Waals surface area contributed by atoms with E-state index in [0.29, 0.717) is 6.07 Å². The van der Waals surface area contributed by atoms with Gasteiger partial charge in [-0.2, -0.15) is 13.2 Å². The normalized spacial score (nSPS) is 13.8. The molecule has 11 heteroatoms. The number of amides is 2. The van der Waals surface area contributed by atoms with Gasteiger partial charge in [-0.25, -0.2) is 0 Å². The van der Waals surface area contributed by atoms with E-state index in [9.17, 15) is 32.9 Å². The second-order valence-electron chi connectivity index (χ2n) is 5.78. The summed E-state index contributed by atoms with van der Waals surface area (Å²) in [6.07, 6.45) is -2.94. The van der Waals surface area contributed by atoms with Gasteiger partial charge in [0, 0.05) is 25.1 Å². The minimum Gasteiger partial charge on any atom is -0.379 e. The molecule has 1 fully saturated rings. The summed E-state index contributed by atoms with van der Waals surface area (Å²) in [5.74, 6) is -0.759. The van der Waals surface area contributed by atoms with Gasteiger partial charge in [-0.15, -0.1) is 0 Å². The van der Waals surface area contributed by atoms with Gasteiger partial charge in [-0.05, 0) is 25.0 Å². The molecule has 3 N–H and O–H groups in total. The summed E-state index contributed by atoms with van der Waals surface area (Å²) in [6.45, 7) is -0.210. The number of carbonyl (C=O) groups excluding carboxylic acids is 2. The van der Waals surface area contributed by atoms with Crippen LogP contribution in [-0.4, -0.2) is 35.9 Å². The van der Waals surface area contributed by atoms with Crippen molar-refractivity contribution in [2.24, 2.45) is 0 Å². The van der Waals surface area contributed by atoms with Crippen molar-refractivity contribution in [2.45, 2.75) is 31.5 Å². The molecule has 1 saturated carbocycles. The van der Waals surface area contributed by atoms with E-state index in [1.165, 1.54) is 0 Å². The molecule has 0 radical (unpaired) electrons. The molecular weight excluding hydrogens is 357 g/mol. The van der Waals surface area contributed by atoms with E-state index in [2.05, 4.69) is 16.0 Å². The Kier molecular flexibility index (Phi) is 6.01. The topological polar surface area (TPSA) is 113 Å². The number of benzene rings is 1. The zero-order valence-electron chi connectivity index (χ0n) is 13.6. The maximum absolute atomic E-state index is 12.6. The van der Waals surface area contributed by atoms with Gasteiger partial charge >= 0.3 is 6.18 Å². The molecule has 0 heterocycles. The van der Waals surface area contributed by atoms with E-state index in [4.69, 9.17) is 0 Å². The first-order valence-electron chi connectivity index (χ1n) is 7.82. The summed E-state index contributed by atoms with van der Waals surface area (Å²) in [4.78, 5) is 33.1. The van der Waals surface area contributed by atoms with Crippen LogP contribution >= 0.6 is 0 Å². The number of nitro groups is 1. The standard InChI is InChI=1S/C15H17F3N4O4/c16-15(17,18)9-1-4-11(12(7-9)22(25)26)19-6-5-13(23)20-8-14(24)21-10-2-3-10/h1,4,7,10,19H,2-3,5-6,8H2,(H,20,23)(H,21,24). The highest BCUT2D eigenvalue weighted by Crippen LogP contribution is 2.34. The fourth-order valence-corrected chi connectivity index (χ4v) is 2.09. The average Bonchev–Trinajstić information content (AvgIpc) is 3.36. The Hall–Kier alpha value is -2.85. The summed E-state index contributed by atoms with van der Waals surface area (Å²) in [6, 6.07) is 2.28.